The molecule has 0 amide bonds. The van der Waals surface area contributed by atoms with Crippen LogP contribution in [0.2, 0.25) is 0 Å². The number of carbonyl (C=O) groups is 1. The van der Waals surface area contributed by atoms with E-state index in [4.69, 9.17) is 9.84 Å². The van der Waals surface area contributed by atoms with Crippen molar-refractivity contribution < 1.29 is 19.6 Å². The Labute approximate surface area is 120 Å². The summed E-state index contributed by atoms with van der Waals surface area (Å²) in [6.45, 7) is 1.79. The summed E-state index contributed by atoms with van der Waals surface area (Å²) in [5.74, 6) is -1.01. The number of rotatable bonds is 5. The molecule has 0 fully saturated rings. The maximum atomic E-state index is 11.1. The van der Waals surface area contributed by atoms with Gasteiger partial charge in [0.2, 0.25) is 0 Å². The van der Waals surface area contributed by atoms with E-state index in [9.17, 15) is 14.9 Å². The van der Waals surface area contributed by atoms with Crippen molar-refractivity contribution >= 4 is 11.7 Å². The Morgan fingerprint density at radius 1 is 1.29 bits per heavy atom. The Balaban J connectivity index is 2.13. The summed E-state index contributed by atoms with van der Waals surface area (Å²) in [6.07, 6.45) is 0. The van der Waals surface area contributed by atoms with Crippen LogP contribution in [0.1, 0.15) is 21.7 Å². The van der Waals surface area contributed by atoms with Gasteiger partial charge in [0.1, 0.15) is 6.61 Å². The van der Waals surface area contributed by atoms with Crippen molar-refractivity contribution in [2.75, 3.05) is 0 Å². The summed E-state index contributed by atoms with van der Waals surface area (Å²) in [5.41, 5.74) is 1.10. The van der Waals surface area contributed by atoms with Gasteiger partial charge in [0, 0.05) is 17.8 Å². The lowest BCUT2D eigenvalue weighted by Gasteiger charge is -2.09. The molecular weight excluding hydrogens is 276 g/mol. The third kappa shape index (κ3) is 3.53. The molecule has 0 unspecified atom stereocenters. The topological polar surface area (TPSA) is 103 Å². The minimum atomic E-state index is -1.17. The molecule has 0 aliphatic carbocycles. The van der Waals surface area contributed by atoms with Crippen molar-refractivity contribution in [3.63, 3.8) is 0 Å². The van der Waals surface area contributed by atoms with Gasteiger partial charge in [-0.3, -0.25) is 10.1 Å². The summed E-state index contributed by atoms with van der Waals surface area (Å²) in [6, 6.07) is 9.03. The van der Waals surface area contributed by atoms with E-state index in [0.29, 0.717) is 11.3 Å². The highest BCUT2D eigenvalue weighted by Gasteiger charge is 2.13. The number of aromatic carboxylic acids is 1. The molecule has 0 saturated heterocycles. The van der Waals surface area contributed by atoms with E-state index < -0.39 is 10.9 Å². The SMILES string of the molecule is Cc1ccc(OCc2ccc([N+](=O)[O-])cc2)c(C(=O)O)n1. The number of pyridine rings is 1. The largest absolute Gasteiger partial charge is 0.486 e. The summed E-state index contributed by atoms with van der Waals surface area (Å²) in [7, 11) is 0. The van der Waals surface area contributed by atoms with E-state index in [2.05, 4.69) is 4.98 Å². The number of aryl methyl sites for hydroxylation is 1. The van der Waals surface area contributed by atoms with E-state index in [1.807, 2.05) is 0 Å². The first-order chi connectivity index (χ1) is 9.97. The molecule has 0 saturated carbocycles. The highest BCUT2D eigenvalue weighted by molar-refractivity contribution is 5.88. The second-order valence-electron chi connectivity index (χ2n) is 4.32. The number of aromatic nitrogens is 1. The Kier molecular flexibility index (Phi) is 4.13. The van der Waals surface area contributed by atoms with Crippen LogP contribution in [0.4, 0.5) is 5.69 Å². The Morgan fingerprint density at radius 2 is 1.95 bits per heavy atom. The van der Waals surface area contributed by atoms with Crippen LogP contribution in [0.3, 0.4) is 0 Å². The van der Waals surface area contributed by atoms with Gasteiger partial charge in [0.15, 0.2) is 11.4 Å². The molecule has 108 valence electrons. The maximum Gasteiger partial charge on any atom is 0.358 e. The monoisotopic (exact) mass is 288 g/mol. The van der Waals surface area contributed by atoms with Gasteiger partial charge >= 0.3 is 5.97 Å². The molecule has 2 rings (SSSR count). The molecule has 2 aromatic rings. The standard InChI is InChI=1S/C14H12N2O5/c1-9-2-7-12(13(15-9)14(17)18)21-8-10-3-5-11(6-4-10)16(19)20/h2-7H,8H2,1H3,(H,17,18). The van der Waals surface area contributed by atoms with Crippen LogP contribution in [-0.4, -0.2) is 21.0 Å². The summed E-state index contributed by atoms with van der Waals surface area (Å²) in [4.78, 5) is 25.1. The second kappa shape index (κ2) is 6.00. The summed E-state index contributed by atoms with van der Waals surface area (Å²) < 4.78 is 5.43. The maximum absolute atomic E-state index is 11.1. The van der Waals surface area contributed by atoms with Gasteiger partial charge in [-0.25, -0.2) is 9.78 Å². The first-order valence-electron chi connectivity index (χ1n) is 6.04. The zero-order valence-electron chi connectivity index (χ0n) is 11.1. The number of carboxylic acid groups (broad SMARTS) is 1. The lowest BCUT2D eigenvalue weighted by molar-refractivity contribution is -0.384. The fourth-order valence-corrected chi connectivity index (χ4v) is 1.69. The van der Waals surface area contributed by atoms with Gasteiger partial charge in [-0.2, -0.15) is 0 Å². The van der Waals surface area contributed by atoms with Crippen LogP contribution in [-0.2, 0) is 6.61 Å². The van der Waals surface area contributed by atoms with Crippen molar-refractivity contribution in [1.82, 2.24) is 4.98 Å². The zero-order chi connectivity index (χ0) is 15.4. The molecule has 1 aromatic heterocycles. The predicted octanol–water partition coefficient (Wildman–Crippen LogP) is 2.58. The molecule has 0 bridgehead atoms. The smallest absolute Gasteiger partial charge is 0.358 e. The Bertz CT molecular complexity index is 682. The zero-order valence-corrected chi connectivity index (χ0v) is 11.1. The minimum absolute atomic E-state index is 0.0121. The molecule has 21 heavy (non-hydrogen) atoms. The molecule has 1 heterocycles. The first-order valence-corrected chi connectivity index (χ1v) is 6.04. The van der Waals surface area contributed by atoms with Crippen molar-refractivity contribution in [3.8, 4) is 5.75 Å². The average molecular weight is 288 g/mol. The highest BCUT2D eigenvalue weighted by atomic mass is 16.6. The van der Waals surface area contributed by atoms with Gasteiger partial charge in [0.25, 0.3) is 5.69 Å². The molecule has 0 spiro atoms. The molecule has 7 heteroatoms. The van der Waals surface area contributed by atoms with Crippen LogP contribution >= 0.6 is 0 Å². The quantitative estimate of drug-likeness (QED) is 0.670. The normalized spacial score (nSPS) is 10.1. The number of benzene rings is 1. The number of carboxylic acids is 1. The third-order valence-corrected chi connectivity index (χ3v) is 2.74. The van der Waals surface area contributed by atoms with Crippen molar-refractivity contribution in [2.45, 2.75) is 13.5 Å². The highest BCUT2D eigenvalue weighted by Crippen LogP contribution is 2.19. The number of nitro groups is 1. The molecule has 0 aliphatic rings. The summed E-state index contributed by atoms with van der Waals surface area (Å²) >= 11 is 0. The van der Waals surface area contributed by atoms with Crippen molar-refractivity contribution in [2.24, 2.45) is 0 Å². The van der Waals surface area contributed by atoms with Gasteiger partial charge < -0.3 is 9.84 Å². The molecule has 0 atom stereocenters. The van der Waals surface area contributed by atoms with E-state index in [-0.39, 0.29) is 23.7 Å². The van der Waals surface area contributed by atoms with Gasteiger partial charge in [-0.15, -0.1) is 0 Å². The molecular formula is C14H12N2O5. The minimum Gasteiger partial charge on any atom is -0.486 e. The number of hydrogen-bond donors (Lipinski definition) is 1. The van der Waals surface area contributed by atoms with E-state index in [1.165, 1.54) is 18.2 Å². The fourth-order valence-electron chi connectivity index (χ4n) is 1.69. The van der Waals surface area contributed by atoms with Gasteiger partial charge in [-0.05, 0) is 36.8 Å². The van der Waals surface area contributed by atoms with E-state index in [1.54, 1.807) is 25.1 Å². The fraction of sp³-hybridized carbons (Fsp3) is 0.143. The van der Waals surface area contributed by atoms with E-state index >= 15 is 0 Å². The molecule has 0 aliphatic heterocycles. The van der Waals surface area contributed by atoms with Gasteiger partial charge in [0.05, 0.1) is 4.92 Å². The molecule has 7 nitrogen and oxygen atoms in total. The van der Waals surface area contributed by atoms with Crippen molar-refractivity contribution in [1.29, 1.82) is 0 Å². The molecule has 1 N–H and O–H groups in total. The lowest BCUT2D eigenvalue weighted by atomic mass is 10.2. The van der Waals surface area contributed by atoms with Crippen molar-refractivity contribution in [3.05, 3.63) is 63.5 Å². The van der Waals surface area contributed by atoms with Crippen LogP contribution in [0.5, 0.6) is 5.75 Å². The number of nitro benzene ring substituents is 1. The summed E-state index contributed by atoms with van der Waals surface area (Å²) in [5, 5.41) is 19.6. The van der Waals surface area contributed by atoms with Crippen LogP contribution < -0.4 is 4.74 Å². The van der Waals surface area contributed by atoms with Crippen LogP contribution in [0.25, 0.3) is 0 Å². The van der Waals surface area contributed by atoms with Gasteiger partial charge in [-0.1, -0.05) is 0 Å². The lowest BCUT2D eigenvalue weighted by Crippen LogP contribution is -2.06. The average Bonchev–Trinajstić information content (AvgIpc) is 2.46. The number of hydrogen-bond acceptors (Lipinski definition) is 5. The van der Waals surface area contributed by atoms with Crippen LogP contribution in [0.15, 0.2) is 36.4 Å². The Morgan fingerprint density at radius 3 is 2.52 bits per heavy atom. The first kappa shape index (κ1) is 14.4. The van der Waals surface area contributed by atoms with Crippen LogP contribution in [0, 0.1) is 17.0 Å². The number of ether oxygens (including phenoxy) is 1. The Hall–Kier alpha value is -2.96. The number of non-ortho nitro benzene ring substituents is 1. The molecule has 1 aromatic carbocycles. The number of nitrogens with zero attached hydrogens (tertiary/aromatic N) is 2. The predicted molar refractivity (Wildman–Crippen MR) is 73.4 cm³/mol. The van der Waals surface area contributed by atoms with E-state index in [0.717, 1.165) is 0 Å². The third-order valence-electron chi connectivity index (χ3n) is 2.74. The molecule has 0 radical (unpaired) electrons. The second-order valence-corrected chi connectivity index (χ2v) is 4.32.